The van der Waals surface area contributed by atoms with Gasteiger partial charge in [-0.2, -0.15) is 0 Å². The van der Waals surface area contributed by atoms with Gasteiger partial charge in [0.05, 0.1) is 0 Å². The van der Waals surface area contributed by atoms with Crippen molar-refractivity contribution in [3.8, 4) is 0 Å². The van der Waals surface area contributed by atoms with E-state index in [0.717, 1.165) is 11.1 Å². The van der Waals surface area contributed by atoms with Crippen LogP contribution in [0.4, 0.5) is 0 Å². The van der Waals surface area contributed by atoms with Crippen molar-refractivity contribution in [2.75, 3.05) is 0 Å². The molecule has 25 heavy (non-hydrogen) atoms. The van der Waals surface area contributed by atoms with E-state index in [1.807, 2.05) is 13.8 Å². The lowest BCUT2D eigenvalue weighted by Crippen LogP contribution is -2.19. The highest BCUT2D eigenvalue weighted by Gasteiger charge is 2.38. The number of hydrogen-bond donors (Lipinski definition) is 1. The van der Waals surface area contributed by atoms with Crippen LogP contribution in [0.3, 0.4) is 0 Å². The summed E-state index contributed by atoms with van der Waals surface area (Å²) in [5.41, 5.74) is 1.90. The molecule has 0 aliphatic carbocycles. The van der Waals surface area contributed by atoms with Crippen LogP contribution in [-0.2, 0) is 9.59 Å². The number of amides is 1. The average Bonchev–Trinajstić information content (AvgIpc) is 2.90. The Morgan fingerprint density at radius 2 is 1.32 bits per heavy atom. The zero-order chi connectivity index (χ0) is 18.1. The molecule has 1 amide bonds. The highest BCUT2D eigenvalue weighted by Crippen LogP contribution is 2.24. The largest absolute Gasteiger partial charge is 0.506 e. The highest BCUT2D eigenvalue weighted by atomic mass is 16.3. The van der Waals surface area contributed by atoms with Crippen molar-refractivity contribution in [2.24, 2.45) is 4.99 Å². The van der Waals surface area contributed by atoms with Gasteiger partial charge in [-0.25, -0.2) is 4.99 Å². The van der Waals surface area contributed by atoms with Gasteiger partial charge < -0.3 is 5.11 Å². The Balaban J connectivity index is 2.09. The lowest BCUT2D eigenvalue weighted by Gasteiger charge is -2.07. The van der Waals surface area contributed by atoms with Crippen LogP contribution >= 0.6 is 0 Å². The van der Waals surface area contributed by atoms with Gasteiger partial charge in [-0.3, -0.25) is 14.4 Å². The number of benzene rings is 2. The number of hydrogen-bond acceptors (Lipinski definition) is 4. The molecule has 0 unspecified atom stereocenters. The Kier molecular flexibility index (Phi) is 4.15. The number of Topliss-reactive ketones (excluding diaryl/α,β-unsaturated/α-hetero) is 2. The SMILES string of the molecule is Cc1ccc(C(=O)C2=NC(=O)C(=O)/C2=C(/O)c2ccc(C)cc2)cc1. The second kappa shape index (κ2) is 6.28. The molecule has 0 saturated heterocycles. The molecule has 1 aliphatic heterocycles. The first-order valence-electron chi connectivity index (χ1n) is 7.68. The number of aryl methyl sites for hydroxylation is 2. The fraction of sp³-hybridized carbons (Fsp3) is 0.100. The fourth-order valence-electron chi connectivity index (χ4n) is 2.50. The first-order valence-corrected chi connectivity index (χ1v) is 7.68. The lowest BCUT2D eigenvalue weighted by molar-refractivity contribution is -0.132. The van der Waals surface area contributed by atoms with E-state index in [9.17, 15) is 19.5 Å². The molecule has 2 aromatic rings. The number of rotatable bonds is 3. The predicted octanol–water partition coefficient (Wildman–Crippen LogP) is 3.01. The predicted molar refractivity (Wildman–Crippen MR) is 93.7 cm³/mol. The molecule has 1 N–H and O–H groups in total. The van der Waals surface area contributed by atoms with E-state index in [-0.39, 0.29) is 11.3 Å². The van der Waals surface area contributed by atoms with Gasteiger partial charge in [0.2, 0.25) is 5.78 Å². The molecule has 0 bridgehead atoms. The number of carbonyl (C=O) groups excluding carboxylic acids is 3. The van der Waals surface area contributed by atoms with Gasteiger partial charge in [0.1, 0.15) is 17.0 Å². The zero-order valence-corrected chi connectivity index (χ0v) is 13.7. The van der Waals surface area contributed by atoms with Crippen LogP contribution in [-0.4, -0.2) is 28.3 Å². The standard InChI is InChI=1S/C20H15NO4/c1-11-3-7-13(8-4-11)17(22)15-16(21-20(25)19(15)24)18(23)14-9-5-12(2)6-10-14/h3-10,22H,1-2H3/b17-15+. The Bertz CT molecular complexity index is 948. The fourth-order valence-corrected chi connectivity index (χ4v) is 2.50. The molecule has 0 fully saturated rings. The second-order valence-corrected chi connectivity index (χ2v) is 5.88. The monoisotopic (exact) mass is 333 g/mol. The summed E-state index contributed by atoms with van der Waals surface area (Å²) in [5.74, 6) is -3.03. The first kappa shape index (κ1) is 16.5. The zero-order valence-electron chi connectivity index (χ0n) is 13.7. The molecular formula is C20H15NO4. The Hall–Kier alpha value is -3.34. The first-order chi connectivity index (χ1) is 11.9. The average molecular weight is 333 g/mol. The maximum atomic E-state index is 12.7. The van der Waals surface area contributed by atoms with Crippen LogP contribution in [0.2, 0.25) is 0 Å². The van der Waals surface area contributed by atoms with Crippen molar-refractivity contribution in [3.63, 3.8) is 0 Å². The van der Waals surface area contributed by atoms with Crippen LogP contribution in [0.15, 0.2) is 59.1 Å². The number of aliphatic imine (C=N–C) groups is 1. The van der Waals surface area contributed by atoms with Crippen LogP contribution in [0.1, 0.15) is 27.0 Å². The Labute approximate surface area is 144 Å². The number of ketones is 2. The minimum Gasteiger partial charge on any atom is -0.506 e. The lowest BCUT2D eigenvalue weighted by atomic mass is 9.96. The molecule has 0 aromatic heterocycles. The van der Waals surface area contributed by atoms with E-state index in [4.69, 9.17) is 0 Å². The molecule has 2 aromatic carbocycles. The molecule has 0 radical (unpaired) electrons. The molecule has 0 atom stereocenters. The molecule has 5 heteroatoms. The number of aliphatic hydroxyl groups is 1. The van der Waals surface area contributed by atoms with Gasteiger partial charge in [-0.1, -0.05) is 59.7 Å². The van der Waals surface area contributed by atoms with Gasteiger partial charge in [0, 0.05) is 11.1 Å². The highest BCUT2D eigenvalue weighted by molar-refractivity contribution is 6.70. The maximum absolute atomic E-state index is 12.7. The van der Waals surface area contributed by atoms with Crippen LogP contribution in [0.25, 0.3) is 5.76 Å². The third kappa shape index (κ3) is 3.04. The van der Waals surface area contributed by atoms with E-state index in [0.29, 0.717) is 11.1 Å². The molecular weight excluding hydrogens is 318 g/mol. The van der Waals surface area contributed by atoms with Gasteiger partial charge in [0.25, 0.3) is 5.78 Å². The maximum Gasteiger partial charge on any atom is 0.318 e. The molecule has 0 spiro atoms. The number of nitrogens with zero attached hydrogens (tertiary/aromatic N) is 1. The van der Waals surface area contributed by atoms with Gasteiger partial charge in [-0.05, 0) is 13.8 Å². The Morgan fingerprint density at radius 3 is 1.84 bits per heavy atom. The van der Waals surface area contributed by atoms with Crippen molar-refractivity contribution in [2.45, 2.75) is 13.8 Å². The molecule has 3 rings (SSSR count). The molecule has 5 nitrogen and oxygen atoms in total. The smallest absolute Gasteiger partial charge is 0.318 e. The van der Waals surface area contributed by atoms with Crippen molar-refractivity contribution >= 4 is 28.9 Å². The Morgan fingerprint density at radius 1 is 0.840 bits per heavy atom. The van der Waals surface area contributed by atoms with Crippen LogP contribution in [0.5, 0.6) is 0 Å². The summed E-state index contributed by atoms with van der Waals surface area (Å²) < 4.78 is 0. The van der Waals surface area contributed by atoms with Crippen LogP contribution in [0, 0.1) is 13.8 Å². The third-order valence-electron chi connectivity index (χ3n) is 3.96. The second-order valence-electron chi connectivity index (χ2n) is 5.88. The summed E-state index contributed by atoms with van der Waals surface area (Å²) >= 11 is 0. The summed E-state index contributed by atoms with van der Waals surface area (Å²) in [4.78, 5) is 40.1. The van der Waals surface area contributed by atoms with E-state index in [1.54, 1.807) is 48.5 Å². The van der Waals surface area contributed by atoms with Gasteiger partial charge in [0.15, 0.2) is 0 Å². The topological polar surface area (TPSA) is 83.8 Å². The van der Waals surface area contributed by atoms with Crippen molar-refractivity contribution < 1.29 is 19.5 Å². The number of carbonyl (C=O) groups is 3. The van der Waals surface area contributed by atoms with E-state index in [1.165, 1.54) is 0 Å². The number of aliphatic hydroxyl groups excluding tert-OH is 1. The molecule has 0 saturated carbocycles. The van der Waals surface area contributed by atoms with E-state index in [2.05, 4.69) is 4.99 Å². The normalized spacial score (nSPS) is 16.0. The van der Waals surface area contributed by atoms with Crippen molar-refractivity contribution in [1.82, 2.24) is 0 Å². The van der Waals surface area contributed by atoms with E-state index < -0.39 is 23.2 Å². The third-order valence-corrected chi connectivity index (χ3v) is 3.96. The quantitative estimate of drug-likeness (QED) is 0.405. The summed E-state index contributed by atoms with van der Waals surface area (Å²) in [6, 6.07) is 13.4. The minimum atomic E-state index is -1.05. The molecule has 1 heterocycles. The summed E-state index contributed by atoms with van der Waals surface area (Å²) in [5, 5.41) is 10.5. The van der Waals surface area contributed by atoms with Crippen LogP contribution < -0.4 is 0 Å². The molecule has 1 aliphatic rings. The summed E-state index contributed by atoms with van der Waals surface area (Å²) in [6.07, 6.45) is 0. The molecule has 124 valence electrons. The van der Waals surface area contributed by atoms with Gasteiger partial charge in [-0.15, -0.1) is 0 Å². The summed E-state index contributed by atoms with van der Waals surface area (Å²) in [6.45, 7) is 3.76. The van der Waals surface area contributed by atoms with Crippen molar-refractivity contribution in [3.05, 3.63) is 76.4 Å². The van der Waals surface area contributed by atoms with Crippen molar-refractivity contribution in [1.29, 1.82) is 0 Å². The van der Waals surface area contributed by atoms with E-state index >= 15 is 0 Å². The summed E-state index contributed by atoms with van der Waals surface area (Å²) in [7, 11) is 0. The van der Waals surface area contributed by atoms with Gasteiger partial charge >= 0.3 is 5.91 Å². The minimum absolute atomic E-state index is 0.293.